The Kier molecular flexibility index (Phi) is 5.09. The van der Waals surface area contributed by atoms with Gasteiger partial charge in [-0.15, -0.1) is 0 Å². The van der Waals surface area contributed by atoms with Crippen molar-refractivity contribution in [1.29, 1.82) is 5.41 Å². The zero-order valence-corrected chi connectivity index (χ0v) is 14.5. The van der Waals surface area contributed by atoms with Crippen molar-refractivity contribution < 1.29 is 14.6 Å². The van der Waals surface area contributed by atoms with Crippen molar-refractivity contribution in [1.82, 2.24) is 9.13 Å². The van der Waals surface area contributed by atoms with Crippen LogP contribution in [0.4, 0.5) is 0 Å². The molecule has 6 heteroatoms. The number of rotatable bonds is 7. The van der Waals surface area contributed by atoms with Gasteiger partial charge in [0.05, 0.1) is 24.7 Å². The Hall–Kier alpha value is -2.73. The van der Waals surface area contributed by atoms with Gasteiger partial charge >= 0.3 is 0 Å². The molecule has 0 aliphatic heterocycles. The second-order valence-electron chi connectivity index (χ2n) is 5.81. The standard InChI is InChI=1S/C19H23N3O3/c1-3-21-17-6-4-5-7-18(17)22(19(21)20)12-14(23)13-25-16-10-8-15(24-2)9-11-16/h4-11,14,20,23H,3,12-13H2,1-2H3. The third-order valence-corrected chi connectivity index (χ3v) is 4.19. The molecule has 0 fully saturated rings. The number of aromatic nitrogens is 2. The monoisotopic (exact) mass is 341 g/mol. The number of benzene rings is 2. The summed E-state index contributed by atoms with van der Waals surface area (Å²) in [5, 5.41) is 18.7. The fourth-order valence-electron chi connectivity index (χ4n) is 2.93. The molecule has 25 heavy (non-hydrogen) atoms. The molecular weight excluding hydrogens is 318 g/mol. The number of aliphatic hydroxyl groups excluding tert-OH is 1. The zero-order chi connectivity index (χ0) is 17.8. The topological polar surface area (TPSA) is 72.4 Å². The van der Waals surface area contributed by atoms with Gasteiger partial charge in [-0.2, -0.15) is 0 Å². The van der Waals surface area contributed by atoms with Gasteiger partial charge in [-0.1, -0.05) is 12.1 Å². The number of aliphatic hydroxyl groups is 1. The van der Waals surface area contributed by atoms with Gasteiger partial charge in [-0.05, 0) is 43.3 Å². The number of nitrogens with one attached hydrogen (secondary N) is 1. The van der Waals surface area contributed by atoms with Crippen molar-refractivity contribution in [3.8, 4) is 11.5 Å². The number of para-hydroxylation sites is 2. The van der Waals surface area contributed by atoms with E-state index in [0.29, 0.717) is 24.5 Å². The minimum Gasteiger partial charge on any atom is -0.497 e. The highest BCUT2D eigenvalue weighted by Crippen LogP contribution is 2.17. The van der Waals surface area contributed by atoms with Crippen LogP contribution in [0.25, 0.3) is 11.0 Å². The fourth-order valence-corrected chi connectivity index (χ4v) is 2.93. The Morgan fingerprint density at radius 3 is 2.20 bits per heavy atom. The van der Waals surface area contributed by atoms with Crippen molar-refractivity contribution in [2.75, 3.05) is 13.7 Å². The van der Waals surface area contributed by atoms with Crippen LogP contribution >= 0.6 is 0 Å². The Morgan fingerprint density at radius 1 is 1.00 bits per heavy atom. The lowest BCUT2D eigenvalue weighted by Crippen LogP contribution is -2.31. The molecule has 0 aliphatic rings. The highest BCUT2D eigenvalue weighted by atomic mass is 16.5. The summed E-state index contributed by atoms with van der Waals surface area (Å²) in [6.45, 7) is 3.19. The van der Waals surface area contributed by atoms with Crippen LogP contribution in [-0.2, 0) is 13.1 Å². The largest absolute Gasteiger partial charge is 0.497 e. The van der Waals surface area contributed by atoms with Crippen LogP contribution in [0.1, 0.15) is 6.92 Å². The van der Waals surface area contributed by atoms with Crippen molar-refractivity contribution in [3.63, 3.8) is 0 Å². The number of hydrogen-bond acceptors (Lipinski definition) is 4. The molecule has 3 rings (SSSR count). The van der Waals surface area contributed by atoms with Crippen LogP contribution in [0.3, 0.4) is 0 Å². The van der Waals surface area contributed by atoms with Crippen LogP contribution in [0.5, 0.6) is 11.5 Å². The van der Waals surface area contributed by atoms with E-state index in [1.807, 2.05) is 52.5 Å². The minimum absolute atomic E-state index is 0.157. The maximum atomic E-state index is 10.4. The van der Waals surface area contributed by atoms with Gasteiger partial charge in [-0.25, -0.2) is 0 Å². The van der Waals surface area contributed by atoms with Crippen LogP contribution in [0.15, 0.2) is 48.5 Å². The lowest BCUT2D eigenvalue weighted by atomic mass is 10.3. The minimum atomic E-state index is -0.715. The van der Waals surface area contributed by atoms with Gasteiger partial charge in [0.1, 0.15) is 24.2 Å². The molecule has 0 radical (unpaired) electrons. The third kappa shape index (κ3) is 3.53. The lowest BCUT2D eigenvalue weighted by molar-refractivity contribution is 0.0921. The maximum absolute atomic E-state index is 10.4. The number of imidazole rings is 1. The van der Waals surface area contributed by atoms with Crippen molar-refractivity contribution in [2.24, 2.45) is 0 Å². The summed E-state index contributed by atoms with van der Waals surface area (Å²) < 4.78 is 14.5. The Labute approximate surface area is 146 Å². The smallest absolute Gasteiger partial charge is 0.203 e. The highest BCUT2D eigenvalue weighted by molar-refractivity contribution is 5.75. The summed E-state index contributed by atoms with van der Waals surface area (Å²) >= 11 is 0. The van der Waals surface area contributed by atoms with Gasteiger partial charge < -0.3 is 23.7 Å². The second kappa shape index (κ2) is 7.44. The average molecular weight is 341 g/mol. The molecule has 1 atom stereocenters. The summed E-state index contributed by atoms with van der Waals surface area (Å²) in [5.41, 5.74) is 2.32. The summed E-state index contributed by atoms with van der Waals surface area (Å²) in [7, 11) is 1.61. The molecule has 0 bridgehead atoms. The molecule has 3 aromatic rings. The zero-order valence-electron chi connectivity index (χ0n) is 14.5. The van der Waals surface area contributed by atoms with Gasteiger partial charge in [-0.3, -0.25) is 5.41 Å². The number of ether oxygens (including phenoxy) is 2. The number of nitrogens with zero attached hydrogens (tertiary/aromatic N) is 2. The molecule has 6 nitrogen and oxygen atoms in total. The van der Waals surface area contributed by atoms with E-state index < -0.39 is 6.10 Å². The molecule has 2 N–H and O–H groups in total. The SMILES string of the molecule is CCn1c(=N)n(CC(O)COc2ccc(OC)cc2)c2ccccc21. The van der Waals surface area contributed by atoms with Crippen LogP contribution < -0.4 is 15.1 Å². The summed E-state index contributed by atoms with van der Waals surface area (Å²) in [4.78, 5) is 0. The maximum Gasteiger partial charge on any atom is 0.203 e. The fraction of sp³-hybridized carbons (Fsp3) is 0.316. The van der Waals surface area contributed by atoms with Crippen molar-refractivity contribution in [2.45, 2.75) is 26.1 Å². The van der Waals surface area contributed by atoms with Gasteiger partial charge in [0, 0.05) is 6.54 Å². The molecule has 1 heterocycles. The summed E-state index contributed by atoms with van der Waals surface area (Å²) in [6, 6.07) is 15.1. The quantitative estimate of drug-likeness (QED) is 0.693. The van der Waals surface area contributed by atoms with E-state index in [4.69, 9.17) is 14.9 Å². The van der Waals surface area contributed by atoms with Crippen molar-refractivity contribution >= 4 is 11.0 Å². The first-order valence-corrected chi connectivity index (χ1v) is 8.31. The van der Waals surface area contributed by atoms with E-state index in [-0.39, 0.29) is 6.61 Å². The molecule has 1 unspecified atom stereocenters. The van der Waals surface area contributed by atoms with Gasteiger partial charge in [0.15, 0.2) is 0 Å². The molecule has 0 amide bonds. The Bertz CT molecular complexity index is 896. The van der Waals surface area contributed by atoms with E-state index in [9.17, 15) is 5.11 Å². The number of methoxy groups -OCH3 is 1. The molecular formula is C19H23N3O3. The van der Waals surface area contributed by atoms with Crippen LogP contribution in [-0.4, -0.2) is 34.1 Å². The molecule has 0 saturated heterocycles. The molecule has 2 aromatic carbocycles. The van der Waals surface area contributed by atoms with Crippen LogP contribution in [0.2, 0.25) is 0 Å². The van der Waals surface area contributed by atoms with E-state index in [2.05, 4.69) is 0 Å². The van der Waals surface area contributed by atoms with E-state index in [1.54, 1.807) is 19.2 Å². The first-order chi connectivity index (χ1) is 12.1. The Morgan fingerprint density at radius 2 is 1.60 bits per heavy atom. The number of hydrogen-bond donors (Lipinski definition) is 2. The summed E-state index contributed by atoms with van der Waals surface area (Å²) in [6.07, 6.45) is -0.715. The van der Waals surface area contributed by atoms with E-state index >= 15 is 0 Å². The first-order valence-electron chi connectivity index (χ1n) is 8.31. The predicted molar refractivity (Wildman–Crippen MR) is 96.0 cm³/mol. The molecule has 132 valence electrons. The lowest BCUT2D eigenvalue weighted by Gasteiger charge is -2.14. The van der Waals surface area contributed by atoms with Gasteiger partial charge in [0.25, 0.3) is 0 Å². The van der Waals surface area contributed by atoms with E-state index in [1.165, 1.54) is 0 Å². The highest BCUT2D eigenvalue weighted by Gasteiger charge is 2.13. The molecule has 0 aliphatic carbocycles. The normalized spacial score (nSPS) is 12.3. The molecule has 0 saturated carbocycles. The second-order valence-corrected chi connectivity index (χ2v) is 5.81. The first kappa shape index (κ1) is 17.1. The van der Waals surface area contributed by atoms with Gasteiger partial charge in [0.2, 0.25) is 5.62 Å². The van der Waals surface area contributed by atoms with E-state index in [0.717, 1.165) is 16.8 Å². The van der Waals surface area contributed by atoms with Crippen molar-refractivity contribution in [3.05, 3.63) is 54.1 Å². The summed E-state index contributed by atoms with van der Waals surface area (Å²) in [5.74, 6) is 1.43. The molecule has 1 aromatic heterocycles. The Balaban J connectivity index is 1.72. The number of aryl methyl sites for hydroxylation is 1. The van der Waals surface area contributed by atoms with Crippen LogP contribution in [0, 0.1) is 5.41 Å². The predicted octanol–water partition coefficient (Wildman–Crippen LogP) is 2.39. The average Bonchev–Trinajstić information content (AvgIpc) is 2.91. The number of fused-ring (bicyclic) bond motifs is 1. The molecule has 0 spiro atoms. The third-order valence-electron chi connectivity index (χ3n) is 4.19.